The number of hydrogen-bond donors (Lipinski definition) is 1. The van der Waals surface area contributed by atoms with Crippen molar-refractivity contribution in [2.45, 2.75) is 12.1 Å². The zero-order valence-corrected chi connectivity index (χ0v) is 15.3. The summed E-state index contributed by atoms with van der Waals surface area (Å²) in [6.45, 7) is -0.335. The molecule has 0 aromatic heterocycles. The van der Waals surface area contributed by atoms with Gasteiger partial charge in [-0.2, -0.15) is 5.11 Å². The number of rotatable bonds is 4. The zero-order chi connectivity index (χ0) is 20.7. The molecule has 0 radical (unpaired) electrons. The number of carbonyl (C=O) groups excluding carboxylic acids is 3. The second kappa shape index (κ2) is 7.21. The molecule has 0 spiro atoms. The third-order valence-corrected chi connectivity index (χ3v) is 4.70. The van der Waals surface area contributed by atoms with Crippen LogP contribution in [0, 0.1) is 11.6 Å². The summed E-state index contributed by atoms with van der Waals surface area (Å²) in [4.78, 5) is 38.3. The first-order chi connectivity index (χ1) is 13.8. The Balaban J connectivity index is 1.49. The van der Waals surface area contributed by atoms with Crippen LogP contribution in [-0.2, 0) is 14.4 Å². The molecule has 1 N–H and O–H groups in total. The van der Waals surface area contributed by atoms with Gasteiger partial charge in [0.15, 0.2) is 23.7 Å². The van der Waals surface area contributed by atoms with E-state index in [0.29, 0.717) is 10.7 Å². The summed E-state index contributed by atoms with van der Waals surface area (Å²) < 4.78 is 26.7. The Morgan fingerprint density at radius 1 is 1.07 bits per heavy atom. The van der Waals surface area contributed by atoms with Crippen LogP contribution >= 0.6 is 11.6 Å². The maximum absolute atomic E-state index is 13.5. The van der Waals surface area contributed by atoms with Crippen molar-refractivity contribution in [3.05, 3.63) is 59.1 Å². The summed E-state index contributed by atoms with van der Waals surface area (Å²) in [6, 6.07) is 6.80. The Hall–Kier alpha value is -3.40. The van der Waals surface area contributed by atoms with E-state index in [-0.39, 0.29) is 12.2 Å². The highest BCUT2D eigenvalue weighted by molar-refractivity contribution is 6.30. The second-order valence-corrected chi connectivity index (χ2v) is 6.79. The van der Waals surface area contributed by atoms with Crippen LogP contribution in [0.2, 0.25) is 5.02 Å². The van der Waals surface area contributed by atoms with Crippen LogP contribution in [-0.4, -0.2) is 41.4 Å². The minimum atomic E-state index is -1.19. The zero-order valence-electron chi connectivity index (χ0n) is 14.6. The predicted molar refractivity (Wildman–Crippen MR) is 98.1 cm³/mol. The molecule has 2 aromatic rings. The minimum Gasteiger partial charge on any atom is -0.324 e. The lowest BCUT2D eigenvalue weighted by molar-refractivity contribution is -0.123. The van der Waals surface area contributed by atoms with Crippen LogP contribution in [0.15, 0.2) is 52.8 Å². The van der Waals surface area contributed by atoms with Crippen LogP contribution < -0.4 is 10.2 Å². The number of halogens is 3. The molecule has 29 heavy (non-hydrogen) atoms. The van der Waals surface area contributed by atoms with Gasteiger partial charge in [-0.3, -0.25) is 19.4 Å². The van der Waals surface area contributed by atoms with Gasteiger partial charge >= 0.3 is 0 Å². The quantitative estimate of drug-likeness (QED) is 0.770. The van der Waals surface area contributed by atoms with Crippen molar-refractivity contribution in [1.82, 2.24) is 5.01 Å². The number of fused-ring (bicyclic) bond motifs is 1. The van der Waals surface area contributed by atoms with Crippen LogP contribution in [0.4, 0.5) is 20.2 Å². The van der Waals surface area contributed by atoms with Crippen molar-refractivity contribution >= 4 is 40.7 Å². The number of nitrogens with one attached hydrogen (secondary N) is 1. The van der Waals surface area contributed by atoms with Gasteiger partial charge in [0.05, 0.1) is 5.69 Å². The number of carbonyl (C=O) groups is 3. The van der Waals surface area contributed by atoms with Crippen molar-refractivity contribution in [2.75, 3.05) is 16.8 Å². The topological polar surface area (TPSA) is 94.4 Å². The lowest BCUT2D eigenvalue weighted by Crippen LogP contribution is -2.43. The highest BCUT2D eigenvalue weighted by Gasteiger charge is 2.55. The van der Waals surface area contributed by atoms with Crippen molar-refractivity contribution in [3.63, 3.8) is 0 Å². The van der Waals surface area contributed by atoms with Crippen molar-refractivity contribution in [3.8, 4) is 0 Å². The Labute approximate surface area is 167 Å². The molecule has 2 atom stereocenters. The third kappa shape index (κ3) is 3.42. The smallest absolute Gasteiger partial charge is 0.263 e. The Kier molecular flexibility index (Phi) is 4.71. The average Bonchev–Trinajstić information content (AvgIpc) is 3.20. The number of amides is 3. The number of hydrogen-bond acceptors (Lipinski definition) is 6. The first kappa shape index (κ1) is 18.9. The van der Waals surface area contributed by atoms with Gasteiger partial charge in [0.2, 0.25) is 5.91 Å². The Bertz CT molecular complexity index is 1050. The molecule has 2 aliphatic rings. The lowest BCUT2D eigenvalue weighted by Gasteiger charge is -2.20. The fourth-order valence-electron chi connectivity index (χ4n) is 3.11. The summed E-state index contributed by atoms with van der Waals surface area (Å²) in [5.41, 5.74) is 0.374. The van der Waals surface area contributed by atoms with E-state index in [1.807, 2.05) is 0 Å². The van der Waals surface area contributed by atoms with Gasteiger partial charge in [-0.15, -0.1) is 0 Å². The molecule has 3 amide bonds. The SMILES string of the molecule is O=C(CN1N=N[C@H]2C(=O)N(c3ccc(F)c(F)c3)C(=O)[C@@H]21)Nc1ccc(Cl)cc1. The monoisotopic (exact) mass is 419 g/mol. The van der Waals surface area contributed by atoms with Gasteiger partial charge in [0.25, 0.3) is 11.8 Å². The molecular formula is C18H12ClF2N5O3. The maximum Gasteiger partial charge on any atom is 0.263 e. The van der Waals surface area contributed by atoms with E-state index in [1.165, 1.54) is 0 Å². The summed E-state index contributed by atoms with van der Waals surface area (Å²) in [5, 5.41) is 11.7. The van der Waals surface area contributed by atoms with Gasteiger partial charge in [-0.25, -0.2) is 13.7 Å². The third-order valence-electron chi connectivity index (χ3n) is 4.45. The van der Waals surface area contributed by atoms with E-state index in [9.17, 15) is 23.2 Å². The molecule has 1 fully saturated rings. The van der Waals surface area contributed by atoms with E-state index in [1.54, 1.807) is 24.3 Å². The number of benzene rings is 2. The number of imide groups is 1. The molecule has 0 bridgehead atoms. The highest BCUT2D eigenvalue weighted by Crippen LogP contribution is 2.32. The van der Waals surface area contributed by atoms with E-state index in [2.05, 4.69) is 15.7 Å². The first-order valence-electron chi connectivity index (χ1n) is 8.41. The molecule has 0 aliphatic carbocycles. The molecule has 2 aromatic carbocycles. The molecule has 8 nitrogen and oxygen atoms in total. The summed E-state index contributed by atoms with van der Waals surface area (Å²) in [6.07, 6.45) is 0. The summed E-state index contributed by atoms with van der Waals surface area (Å²) in [7, 11) is 0. The van der Waals surface area contributed by atoms with Gasteiger partial charge < -0.3 is 5.32 Å². The normalized spacial score (nSPS) is 20.4. The molecule has 0 saturated carbocycles. The predicted octanol–water partition coefficient (Wildman–Crippen LogP) is 2.55. The Morgan fingerprint density at radius 2 is 1.79 bits per heavy atom. The molecule has 4 rings (SSSR count). The fraction of sp³-hybridized carbons (Fsp3) is 0.167. The van der Waals surface area contributed by atoms with E-state index < -0.39 is 41.4 Å². The molecule has 2 heterocycles. The lowest BCUT2D eigenvalue weighted by atomic mass is 10.1. The molecule has 1 saturated heterocycles. The summed E-state index contributed by atoms with van der Waals surface area (Å²) in [5.74, 6) is -4.24. The molecular weight excluding hydrogens is 408 g/mol. The van der Waals surface area contributed by atoms with Gasteiger partial charge in [-0.1, -0.05) is 16.8 Å². The molecule has 0 unspecified atom stereocenters. The van der Waals surface area contributed by atoms with Crippen molar-refractivity contribution in [1.29, 1.82) is 0 Å². The summed E-state index contributed by atoms with van der Waals surface area (Å²) >= 11 is 5.79. The molecule has 11 heteroatoms. The van der Waals surface area contributed by atoms with E-state index >= 15 is 0 Å². The van der Waals surface area contributed by atoms with Crippen molar-refractivity contribution in [2.24, 2.45) is 10.3 Å². The van der Waals surface area contributed by atoms with Gasteiger partial charge in [0, 0.05) is 16.8 Å². The van der Waals surface area contributed by atoms with E-state index in [0.717, 1.165) is 28.1 Å². The number of nitrogens with zero attached hydrogens (tertiary/aromatic N) is 4. The van der Waals surface area contributed by atoms with Crippen LogP contribution in [0.5, 0.6) is 0 Å². The highest BCUT2D eigenvalue weighted by atomic mass is 35.5. The average molecular weight is 420 g/mol. The first-order valence-corrected chi connectivity index (χ1v) is 8.78. The fourth-order valence-corrected chi connectivity index (χ4v) is 3.24. The van der Waals surface area contributed by atoms with Gasteiger partial charge in [0.1, 0.15) is 6.54 Å². The second-order valence-electron chi connectivity index (χ2n) is 6.36. The molecule has 148 valence electrons. The van der Waals surface area contributed by atoms with Crippen molar-refractivity contribution < 1.29 is 23.2 Å². The van der Waals surface area contributed by atoms with Gasteiger partial charge in [-0.05, 0) is 36.4 Å². The standard InChI is InChI=1S/C18H12ClF2N5O3/c19-9-1-3-10(4-2-9)22-14(27)8-25-16-15(23-24-25)17(28)26(18(16)29)11-5-6-12(20)13(21)7-11/h1-7,15-16H,8H2,(H,22,27)/t15-,16-/m1/s1. The van der Waals surface area contributed by atoms with Crippen LogP contribution in [0.3, 0.4) is 0 Å². The van der Waals surface area contributed by atoms with Crippen LogP contribution in [0.25, 0.3) is 0 Å². The Morgan fingerprint density at radius 3 is 2.48 bits per heavy atom. The number of anilines is 2. The molecule has 2 aliphatic heterocycles. The minimum absolute atomic E-state index is 0.117. The van der Waals surface area contributed by atoms with E-state index in [4.69, 9.17) is 11.6 Å². The largest absolute Gasteiger partial charge is 0.324 e. The maximum atomic E-state index is 13.5. The van der Waals surface area contributed by atoms with Crippen LogP contribution in [0.1, 0.15) is 0 Å².